The minimum Gasteiger partial charge on any atom is -0.304 e. The smallest absolute Gasteiger partial charge is 0.304 e. The van der Waals surface area contributed by atoms with Crippen molar-refractivity contribution >= 4 is 17.6 Å². The average Bonchev–Trinajstić information content (AvgIpc) is 1.98. The number of carbonyl (C=O) groups excluding carboxylic acids is 2. The normalized spacial score (nSPS) is 16.5. The Labute approximate surface area is 63.2 Å². The second-order valence-electron chi connectivity index (χ2n) is 1.90. The topological polar surface area (TPSA) is 72.6 Å². The first-order valence-corrected chi connectivity index (χ1v) is 2.98. The van der Waals surface area contributed by atoms with E-state index in [4.69, 9.17) is 0 Å². The van der Waals surface area contributed by atoms with E-state index in [9.17, 15) is 9.59 Å². The molecule has 0 aromatic heterocycles. The molecule has 1 heterocycles. The van der Waals surface area contributed by atoms with Crippen LogP contribution in [0.15, 0.2) is 17.8 Å². The van der Waals surface area contributed by atoms with Crippen LogP contribution in [0.4, 0.5) is 0 Å². The summed E-state index contributed by atoms with van der Waals surface area (Å²) >= 11 is 0. The van der Waals surface area contributed by atoms with Gasteiger partial charge in [0.05, 0.1) is 0 Å². The molecule has 0 aromatic rings. The third-order valence-corrected chi connectivity index (χ3v) is 1.05. The second kappa shape index (κ2) is 2.96. The molecule has 0 aliphatic carbocycles. The Balaban J connectivity index is 2.65. The van der Waals surface area contributed by atoms with Crippen LogP contribution in [0.25, 0.3) is 0 Å². The van der Waals surface area contributed by atoms with Crippen molar-refractivity contribution in [3.8, 4) is 0 Å². The molecule has 1 rings (SSSR count). The highest BCUT2D eigenvalue weighted by Gasteiger charge is 2.21. The van der Waals surface area contributed by atoms with E-state index < -0.39 is 11.8 Å². The number of hydrogen-bond acceptors (Lipinski definition) is 3. The first-order valence-electron chi connectivity index (χ1n) is 2.98. The third-order valence-electron chi connectivity index (χ3n) is 1.05. The number of nitrogens with zero attached hydrogens (tertiary/aromatic N) is 2. The van der Waals surface area contributed by atoms with Crippen molar-refractivity contribution in [1.82, 2.24) is 10.7 Å². The zero-order valence-electron chi connectivity index (χ0n) is 5.70. The van der Waals surface area contributed by atoms with Gasteiger partial charge in [-0.05, 0) is 0 Å². The molecular formula is C6H6N3O2. The van der Waals surface area contributed by atoms with Crippen LogP contribution in [0.5, 0.6) is 0 Å². The van der Waals surface area contributed by atoms with E-state index >= 15 is 0 Å². The van der Waals surface area contributed by atoms with Gasteiger partial charge in [-0.2, -0.15) is 0 Å². The fourth-order valence-corrected chi connectivity index (χ4v) is 0.589. The molecule has 0 bridgehead atoms. The lowest BCUT2D eigenvalue weighted by Crippen LogP contribution is -2.43. The number of amides is 2. The van der Waals surface area contributed by atoms with Gasteiger partial charge in [0, 0.05) is 6.42 Å². The molecule has 0 saturated heterocycles. The van der Waals surface area contributed by atoms with Crippen LogP contribution in [-0.2, 0) is 9.59 Å². The predicted molar refractivity (Wildman–Crippen MR) is 37.5 cm³/mol. The molecule has 1 radical (unpaired) electrons. The van der Waals surface area contributed by atoms with E-state index in [1.165, 1.54) is 0 Å². The quantitative estimate of drug-likeness (QED) is 0.413. The van der Waals surface area contributed by atoms with Gasteiger partial charge in [-0.25, -0.2) is 0 Å². The maximum Gasteiger partial charge on any atom is 0.353 e. The summed E-state index contributed by atoms with van der Waals surface area (Å²) in [5, 5.41) is 5.70. The lowest BCUT2D eigenvalue weighted by Gasteiger charge is -2.08. The third kappa shape index (κ3) is 1.64. The molecule has 0 saturated carbocycles. The van der Waals surface area contributed by atoms with Crippen LogP contribution in [0.3, 0.4) is 0 Å². The Kier molecular flexibility index (Phi) is 2.00. The molecule has 0 aromatic carbocycles. The number of rotatable bonds is 2. The molecule has 0 spiro atoms. The zero-order chi connectivity index (χ0) is 8.27. The van der Waals surface area contributed by atoms with E-state index in [0.717, 1.165) is 0 Å². The largest absolute Gasteiger partial charge is 0.353 e. The molecule has 5 heteroatoms. The van der Waals surface area contributed by atoms with Crippen molar-refractivity contribution in [3.63, 3.8) is 0 Å². The standard InChI is InChI=1S/C6H6N3O2/c1-2-3-4-7-5(10)6(11)9-8-4/h2H,1,3H2,(H,7,8,10). The molecule has 57 valence electrons. The Morgan fingerprint density at radius 3 is 2.82 bits per heavy atom. The zero-order valence-corrected chi connectivity index (χ0v) is 5.70. The lowest BCUT2D eigenvalue weighted by atomic mass is 10.3. The Morgan fingerprint density at radius 1 is 1.55 bits per heavy atom. The molecule has 1 aliphatic rings. The Bertz CT molecular complexity index is 244. The molecule has 11 heavy (non-hydrogen) atoms. The average molecular weight is 152 g/mol. The molecule has 5 nitrogen and oxygen atoms in total. The fraction of sp³-hybridized carbons (Fsp3) is 0.167. The summed E-state index contributed by atoms with van der Waals surface area (Å²) < 4.78 is 0. The van der Waals surface area contributed by atoms with Gasteiger partial charge in [0.2, 0.25) is 0 Å². The highest BCUT2D eigenvalue weighted by molar-refractivity contribution is 6.39. The van der Waals surface area contributed by atoms with Crippen LogP contribution < -0.4 is 10.7 Å². The van der Waals surface area contributed by atoms with Gasteiger partial charge in [-0.1, -0.05) is 6.08 Å². The number of carbonyl (C=O) groups is 2. The number of nitrogens with one attached hydrogen (secondary N) is 1. The SMILES string of the molecule is C=CCC1=N[N]C(=O)C(=O)N1. The second-order valence-corrected chi connectivity index (χ2v) is 1.90. The van der Waals surface area contributed by atoms with Gasteiger partial charge in [0.1, 0.15) is 5.84 Å². The van der Waals surface area contributed by atoms with Gasteiger partial charge in [0.15, 0.2) is 0 Å². The van der Waals surface area contributed by atoms with Crippen molar-refractivity contribution in [2.24, 2.45) is 5.10 Å². The highest BCUT2D eigenvalue weighted by Crippen LogP contribution is 1.89. The molecule has 0 unspecified atom stereocenters. The van der Waals surface area contributed by atoms with Crippen molar-refractivity contribution in [1.29, 1.82) is 0 Å². The highest BCUT2D eigenvalue weighted by atomic mass is 16.2. The van der Waals surface area contributed by atoms with Crippen molar-refractivity contribution in [2.75, 3.05) is 0 Å². The van der Waals surface area contributed by atoms with Crippen molar-refractivity contribution < 1.29 is 9.59 Å². The summed E-state index contributed by atoms with van der Waals surface area (Å²) in [5.74, 6) is -1.25. The summed E-state index contributed by atoms with van der Waals surface area (Å²) in [6.45, 7) is 3.44. The van der Waals surface area contributed by atoms with Crippen LogP contribution in [0.2, 0.25) is 0 Å². The first kappa shape index (κ1) is 7.46. The molecule has 1 N–H and O–H groups in total. The summed E-state index contributed by atoms with van der Waals surface area (Å²) in [4.78, 5) is 21.0. The van der Waals surface area contributed by atoms with Crippen LogP contribution in [0.1, 0.15) is 6.42 Å². The fourth-order valence-electron chi connectivity index (χ4n) is 0.589. The minimum atomic E-state index is -0.863. The van der Waals surface area contributed by atoms with E-state index in [2.05, 4.69) is 22.4 Å². The van der Waals surface area contributed by atoms with E-state index in [1.807, 2.05) is 0 Å². The Hall–Kier alpha value is -1.65. The summed E-state index contributed by atoms with van der Waals surface area (Å²) in [6, 6.07) is 0. The maximum atomic E-state index is 10.6. The van der Waals surface area contributed by atoms with E-state index in [0.29, 0.717) is 12.3 Å². The maximum absolute atomic E-state index is 10.6. The summed E-state index contributed by atoms with van der Waals surface area (Å²) in [5.41, 5.74) is 3.10. The van der Waals surface area contributed by atoms with Crippen LogP contribution in [0, 0.1) is 0 Å². The first-order chi connectivity index (χ1) is 5.24. The van der Waals surface area contributed by atoms with Gasteiger partial charge in [0.25, 0.3) is 0 Å². The summed E-state index contributed by atoms with van der Waals surface area (Å²) in [6.07, 6.45) is 1.97. The summed E-state index contributed by atoms with van der Waals surface area (Å²) in [7, 11) is 0. The monoisotopic (exact) mass is 152 g/mol. The lowest BCUT2D eigenvalue weighted by molar-refractivity contribution is -0.139. The minimum absolute atomic E-state index is 0.351. The van der Waals surface area contributed by atoms with Crippen molar-refractivity contribution in [2.45, 2.75) is 6.42 Å². The predicted octanol–water partition coefficient (Wildman–Crippen LogP) is -0.863. The Morgan fingerprint density at radius 2 is 2.27 bits per heavy atom. The molecule has 2 amide bonds. The van der Waals surface area contributed by atoms with Crippen LogP contribution >= 0.6 is 0 Å². The molecule has 1 aliphatic heterocycles. The molecule has 0 atom stereocenters. The van der Waals surface area contributed by atoms with Gasteiger partial charge in [-0.15, -0.1) is 17.1 Å². The van der Waals surface area contributed by atoms with Gasteiger partial charge < -0.3 is 5.32 Å². The molecular weight excluding hydrogens is 146 g/mol. The van der Waals surface area contributed by atoms with Crippen LogP contribution in [-0.4, -0.2) is 17.6 Å². The van der Waals surface area contributed by atoms with Crippen molar-refractivity contribution in [3.05, 3.63) is 12.7 Å². The number of hydrogen-bond donors (Lipinski definition) is 1. The molecule has 0 fully saturated rings. The number of amidine groups is 1. The van der Waals surface area contributed by atoms with Gasteiger partial charge >= 0.3 is 11.8 Å². The van der Waals surface area contributed by atoms with E-state index in [-0.39, 0.29) is 0 Å². The van der Waals surface area contributed by atoms with E-state index in [1.54, 1.807) is 6.08 Å². The van der Waals surface area contributed by atoms with Gasteiger partial charge in [-0.3, -0.25) is 9.59 Å².